The van der Waals surface area contributed by atoms with E-state index in [1.165, 1.54) is 0 Å². The molecule has 0 unspecified atom stereocenters. The van der Waals surface area contributed by atoms with Crippen LogP contribution in [0.15, 0.2) is 41.1 Å². The van der Waals surface area contributed by atoms with E-state index in [2.05, 4.69) is 22.5 Å². The van der Waals surface area contributed by atoms with Crippen molar-refractivity contribution in [3.63, 3.8) is 0 Å². The summed E-state index contributed by atoms with van der Waals surface area (Å²) in [5, 5.41) is 11.1. The van der Waals surface area contributed by atoms with Crippen LogP contribution in [0.25, 0.3) is 22.4 Å². The van der Waals surface area contributed by atoms with Crippen LogP contribution in [0.4, 0.5) is 0 Å². The molecule has 2 fully saturated rings. The van der Waals surface area contributed by atoms with E-state index < -0.39 is 6.10 Å². The average Bonchev–Trinajstić information content (AvgIpc) is 3.37. The van der Waals surface area contributed by atoms with Gasteiger partial charge in [-0.25, -0.2) is 4.98 Å². The highest BCUT2D eigenvalue weighted by Gasteiger charge is 2.48. The van der Waals surface area contributed by atoms with E-state index in [-0.39, 0.29) is 18.2 Å². The van der Waals surface area contributed by atoms with Gasteiger partial charge in [-0.05, 0) is 6.07 Å². The van der Waals surface area contributed by atoms with Crippen LogP contribution in [0.5, 0.6) is 0 Å². The second kappa shape index (κ2) is 5.69. The number of aliphatic hydroxyl groups excluding tert-OH is 1. The van der Waals surface area contributed by atoms with Crippen molar-refractivity contribution in [1.29, 1.82) is 0 Å². The van der Waals surface area contributed by atoms with Crippen molar-refractivity contribution in [2.75, 3.05) is 13.2 Å². The van der Waals surface area contributed by atoms with Gasteiger partial charge in [-0.2, -0.15) is 0 Å². The Hall–Kier alpha value is -2.15. The zero-order valence-electron chi connectivity index (χ0n) is 14.0. The Morgan fingerprint density at radius 3 is 2.92 bits per heavy atom. The molecular formula is C19H20N2O4. The molecule has 4 atom stereocenters. The summed E-state index contributed by atoms with van der Waals surface area (Å²) in [5.41, 5.74) is 1.90. The summed E-state index contributed by atoms with van der Waals surface area (Å²) in [7, 11) is 0. The lowest BCUT2D eigenvalue weighted by molar-refractivity contribution is 0.0172. The summed E-state index contributed by atoms with van der Waals surface area (Å²) in [4.78, 5) is 4.62. The van der Waals surface area contributed by atoms with Crippen LogP contribution in [-0.4, -0.2) is 46.2 Å². The van der Waals surface area contributed by atoms with Gasteiger partial charge in [-0.3, -0.25) is 0 Å². The van der Waals surface area contributed by atoms with Gasteiger partial charge in [0.05, 0.1) is 24.8 Å². The third-order valence-electron chi connectivity index (χ3n) is 5.24. The molecule has 5 rings (SSSR count). The van der Waals surface area contributed by atoms with E-state index in [4.69, 9.17) is 13.9 Å². The maximum Gasteiger partial charge on any atom is 0.144 e. The highest BCUT2D eigenvalue weighted by Crippen LogP contribution is 2.39. The summed E-state index contributed by atoms with van der Waals surface area (Å²) in [6, 6.07) is 8.04. The number of aliphatic hydroxyl groups is 1. The number of fused-ring (bicyclic) bond motifs is 2. The van der Waals surface area contributed by atoms with Crippen LogP contribution < -0.4 is 0 Å². The van der Waals surface area contributed by atoms with Gasteiger partial charge >= 0.3 is 0 Å². The molecule has 0 bridgehead atoms. The number of hydrogen-bond donors (Lipinski definition) is 1. The van der Waals surface area contributed by atoms with Gasteiger partial charge in [0.25, 0.3) is 0 Å². The van der Waals surface area contributed by atoms with Crippen molar-refractivity contribution in [3.05, 3.63) is 42.4 Å². The Kier molecular flexibility index (Phi) is 3.45. The largest absolute Gasteiger partial charge is 0.460 e. The normalized spacial score (nSPS) is 28.7. The van der Waals surface area contributed by atoms with Gasteiger partial charge in [0.1, 0.15) is 35.5 Å². The average molecular weight is 340 g/mol. The Bertz CT molecular complexity index is 915. The van der Waals surface area contributed by atoms with Crippen LogP contribution in [0.1, 0.15) is 18.7 Å². The van der Waals surface area contributed by atoms with E-state index in [0.717, 1.165) is 34.5 Å². The first-order valence-electron chi connectivity index (χ1n) is 8.72. The molecule has 0 amide bonds. The van der Waals surface area contributed by atoms with Crippen molar-refractivity contribution in [2.45, 2.75) is 37.7 Å². The first-order chi connectivity index (χ1) is 12.3. The van der Waals surface area contributed by atoms with Crippen LogP contribution in [0.3, 0.4) is 0 Å². The van der Waals surface area contributed by atoms with Gasteiger partial charge in [0.2, 0.25) is 0 Å². The molecule has 6 nitrogen and oxygen atoms in total. The molecular weight excluding hydrogens is 320 g/mol. The Morgan fingerprint density at radius 2 is 2.04 bits per heavy atom. The van der Waals surface area contributed by atoms with Gasteiger partial charge in [0.15, 0.2) is 0 Å². The minimum atomic E-state index is -0.553. The molecule has 25 heavy (non-hydrogen) atoms. The van der Waals surface area contributed by atoms with Gasteiger partial charge in [0, 0.05) is 24.2 Å². The standard InChI is InChI=1S/C19H20N2O4/c1-2-14-16(11-5-3-4-6-15(11)25-14)19-20-7-8-21(19)12-9-23-18-13(22)10-24-17(12)18/h3-8,12-13,17-18,22H,2,9-10H2,1H3/t12-,13+,17+,18+/m0/s1. The third kappa shape index (κ3) is 2.18. The predicted molar refractivity (Wildman–Crippen MR) is 91.3 cm³/mol. The maximum atomic E-state index is 10.0. The quantitative estimate of drug-likeness (QED) is 0.793. The molecule has 2 saturated heterocycles. The fraction of sp³-hybridized carbons (Fsp3) is 0.421. The predicted octanol–water partition coefficient (Wildman–Crippen LogP) is 2.56. The first kappa shape index (κ1) is 15.1. The number of aryl methyl sites for hydroxylation is 1. The zero-order valence-corrected chi connectivity index (χ0v) is 14.0. The molecule has 3 aromatic rings. The van der Waals surface area contributed by atoms with Gasteiger partial charge in [-0.15, -0.1) is 0 Å². The second-order valence-electron chi connectivity index (χ2n) is 6.64. The summed E-state index contributed by atoms with van der Waals surface area (Å²) >= 11 is 0. The van der Waals surface area contributed by atoms with Crippen LogP contribution in [0.2, 0.25) is 0 Å². The van der Waals surface area contributed by atoms with Crippen molar-refractivity contribution >= 4 is 11.0 Å². The van der Waals surface area contributed by atoms with Crippen molar-refractivity contribution < 1.29 is 19.0 Å². The molecule has 130 valence electrons. The van der Waals surface area contributed by atoms with Crippen LogP contribution in [0, 0.1) is 0 Å². The van der Waals surface area contributed by atoms with Gasteiger partial charge < -0.3 is 23.6 Å². The number of aromatic nitrogens is 2. The molecule has 2 aliphatic heterocycles. The fourth-order valence-electron chi connectivity index (χ4n) is 4.06. The first-order valence-corrected chi connectivity index (χ1v) is 8.72. The fourth-order valence-corrected chi connectivity index (χ4v) is 4.06. The third-order valence-corrected chi connectivity index (χ3v) is 5.24. The summed E-state index contributed by atoms with van der Waals surface area (Å²) in [6.07, 6.45) is 3.59. The number of para-hydroxylation sites is 1. The molecule has 6 heteroatoms. The zero-order chi connectivity index (χ0) is 17.0. The van der Waals surface area contributed by atoms with E-state index in [1.54, 1.807) is 6.20 Å². The Balaban J connectivity index is 1.63. The Morgan fingerprint density at radius 1 is 1.20 bits per heavy atom. The molecule has 0 spiro atoms. The number of furan rings is 1. The summed E-state index contributed by atoms with van der Waals surface area (Å²) in [5.74, 6) is 1.79. The molecule has 2 aliphatic rings. The monoisotopic (exact) mass is 340 g/mol. The lowest BCUT2D eigenvalue weighted by Gasteiger charge is -2.19. The number of nitrogens with zero attached hydrogens (tertiary/aromatic N) is 2. The Labute approximate surface area is 145 Å². The van der Waals surface area contributed by atoms with Gasteiger partial charge in [-0.1, -0.05) is 25.1 Å². The maximum absolute atomic E-state index is 10.0. The molecule has 2 aromatic heterocycles. The second-order valence-corrected chi connectivity index (χ2v) is 6.64. The van der Waals surface area contributed by atoms with Crippen molar-refractivity contribution in [3.8, 4) is 11.4 Å². The lowest BCUT2D eigenvalue weighted by atomic mass is 10.1. The SMILES string of the molecule is CCc1oc2ccccc2c1-c1nccn1[C@H]1CO[C@H]2[C@@H]1OC[C@H]2O. The van der Waals surface area contributed by atoms with E-state index in [1.807, 2.05) is 24.4 Å². The smallest absolute Gasteiger partial charge is 0.144 e. The van der Waals surface area contributed by atoms with Crippen LogP contribution in [-0.2, 0) is 15.9 Å². The highest BCUT2D eigenvalue weighted by molar-refractivity contribution is 5.94. The molecule has 1 N–H and O–H groups in total. The minimum Gasteiger partial charge on any atom is -0.460 e. The number of rotatable bonds is 3. The highest BCUT2D eigenvalue weighted by atomic mass is 16.6. The number of hydrogen-bond acceptors (Lipinski definition) is 5. The number of benzene rings is 1. The molecule has 0 radical (unpaired) electrons. The number of ether oxygens (including phenoxy) is 2. The van der Waals surface area contributed by atoms with E-state index in [0.29, 0.717) is 13.2 Å². The molecule has 0 saturated carbocycles. The number of imidazole rings is 1. The van der Waals surface area contributed by atoms with E-state index >= 15 is 0 Å². The summed E-state index contributed by atoms with van der Waals surface area (Å²) in [6.45, 7) is 2.91. The van der Waals surface area contributed by atoms with Crippen LogP contribution >= 0.6 is 0 Å². The van der Waals surface area contributed by atoms with E-state index in [9.17, 15) is 5.11 Å². The molecule has 4 heterocycles. The molecule has 0 aliphatic carbocycles. The minimum absolute atomic E-state index is 0.00183. The summed E-state index contributed by atoms with van der Waals surface area (Å²) < 4.78 is 19.7. The van der Waals surface area contributed by atoms with Crippen molar-refractivity contribution in [1.82, 2.24) is 9.55 Å². The van der Waals surface area contributed by atoms with Crippen molar-refractivity contribution in [2.24, 2.45) is 0 Å². The molecule has 1 aromatic carbocycles. The lowest BCUT2D eigenvalue weighted by Crippen LogP contribution is -2.30. The topological polar surface area (TPSA) is 69.7 Å².